The molecule has 2 nitrogen and oxygen atoms in total. The Balaban J connectivity index is 1.85. The summed E-state index contributed by atoms with van der Waals surface area (Å²) in [7, 11) is 0. The fraction of sp³-hybridized carbons (Fsp3) is 0.111. The third-order valence-electron chi connectivity index (χ3n) is 3.90. The van der Waals surface area contributed by atoms with Crippen LogP contribution >= 0.6 is 0 Å². The Morgan fingerprint density at radius 2 is 1.65 bits per heavy atom. The number of fused-ring (bicyclic) bond motifs is 2. The molecule has 2 heteroatoms. The van der Waals surface area contributed by atoms with E-state index in [4.69, 9.17) is 4.42 Å². The van der Waals surface area contributed by atoms with Crippen LogP contribution in [-0.2, 0) is 0 Å². The summed E-state index contributed by atoms with van der Waals surface area (Å²) in [5.41, 5.74) is 2.19. The van der Waals surface area contributed by atoms with E-state index in [0.29, 0.717) is 0 Å². The standard InChI is InChI=1S/C18H15NO/c1-13(18-12-15-7-3-5-9-17(15)20-18)19-11-10-14-6-2-4-8-16(14)19/h2-13H,1H3. The molecule has 2 aromatic heterocycles. The lowest BCUT2D eigenvalue weighted by Crippen LogP contribution is -2.03. The van der Waals surface area contributed by atoms with Gasteiger partial charge in [-0.25, -0.2) is 0 Å². The molecular formula is C18H15NO. The number of para-hydroxylation sites is 2. The molecule has 98 valence electrons. The van der Waals surface area contributed by atoms with Crippen LogP contribution < -0.4 is 0 Å². The zero-order valence-corrected chi connectivity index (χ0v) is 11.3. The quantitative estimate of drug-likeness (QED) is 0.496. The van der Waals surface area contributed by atoms with Crippen molar-refractivity contribution in [2.45, 2.75) is 13.0 Å². The first-order valence-corrected chi connectivity index (χ1v) is 6.87. The Kier molecular flexibility index (Phi) is 2.43. The van der Waals surface area contributed by atoms with Crippen molar-refractivity contribution < 1.29 is 4.42 Å². The zero-order valence-electron chi connectivity index (χ0n) is 11.3. The monoisotopic (exact) mass is 261 g/mol. The SMILES string of the molecule is CC(c1cc2ccccc2o1)n1ccc2ccccc21. The van der Waals surface area contributed by atoms with Gasteiger partial charge in [-0.3, -0.25) is 0 Å². The summed E-state index contributed by atoms with van der Waals surface area (Å²) < 4.78 is 8.24. The van der Waals surface area contributed by atoms with Crippen molar-refractivity contribution in [3.8, 4) is 0 Å². The van der Waals surface area contributed by atoms with Gasteiger partial charge in [-0.1, -0.05) is 36.4 Å². The van der Waals surface area contributed by atoms with Crippen molar-refractivity contribution in [1.29, 1.82) is 0 Å². The topological polar surface area (TPSA) is 18.1 Å². The molecule has 0 aliphatic heterocycles. The van der Waals surface area contributed by atoms with Crippen molar-refractivity contribution in [2.75, 3.05) is 0 Å². The second-order valence-corrected chi connectivity index (χ2v) is 5.14. The number of nitrogens with zero attached hydrogens (tertiary/aromatic N) is 1. The molecule has 4 rings (SSSR count). The van der Waals surface area contributed by atoms with Gasteiger partial charge in [0, 0.05) is 17.1 Å². The molecule has 0 saturated carbocycles. The third kappa shape index (κ3) is 1.65. The molecule has 0 saturated heterocycles. The summed E-state index contributed by atoms with van der Waals surface area (Å²) in [6, 6.07) is 21.0. The smallest absolute Gasteiger partial charge is 0.134 e. The molecule has 4 aromatic rings. The lowest BCUT2D eigenvalue weighted by molar-refractivity contribution is 0.478. The maximum atomic E-state index is 5.98. The number of hydrogen-bond donors (Lipinski definition) is 0. The van der Waals surface area contributed by atoms with Crippen molar-refractivity contribution in [3.05, 3.63) is 72.6 Å². The summed E-state index contributed by atoms with van der Waals surface area (Å²) >= 11 is 0. The number of aromatic nitrogens is 1. The van der Waals surface area contributed by atoms with Gasteiger partial charge in [0.25, 0.3) is 0 Å². The van der Waals surface area contributed by atoms with Crippen molar-refractivity contribution >= 4 is 21.9 Å². The Labute approximate surface area is 117 Å². The Morgan fingerprint density at radius 3 is 2.50 bits per heavy atom. The van der Waals surface area contributed by atoms with E-state index in [1.54, 1.807) is 0 Å². The van der Waals surface area contributed by atoms with E-state index in [0.717, 1.165) is 16.7 Å². The molecular weight excluding hydrogens is 246 g/mol. The van der Waals surface area contributed by atoms with E-state index in [9.17, 15) is 0 Å². The molecule has 0 N–H and O–H groups in total. The van der Waals surface area contributed by atoms with E-state index < -0.39 is 0 Å². The van der Waals surface area contributed by atoms with Crippen molar-refractivity contribution in [3.63, 3.8) is 0 Å². The van der Waals surface area contributed by atoms with Gasteiger partial charge in [0.05, 0.1) is 6.04 Å². The van der Waals surface area contributed by atoms with Crippen LogP contribution in [-0.4, -0.2) is 4.57 Å². The number of benzene rings is 2. The molecule has 0 spiro atoms. The maximum Gasteiger partial charge on any atom is 0.134 e. The fourth-order valence-electron chi connectivity index (χ4n) is 2.79. The molecule has 0 radical (unpaired) electrons. The highest BCUT2D eigenvalue weighted by atomic mass is 16.3. The van der Waals surface area contributed by atoms with Crippen LogP contribution in [0.2, 0.25) is 0 Å². The Morgan fingerprint density at radius 1 is 0.900 bits per heavy atom. The van der Waals surface area contributed by atoms with Crippen LogP contribution in [0.1, 0.15) is 18.7 Å². The minimum Gasteiger partial charge on any atom is -0.459 e. The first kappa shape index (κ1) is 11.4. The predicted octanol–water partition coefficient (Wildman–Crippen LogP) is 5.00. The van der Waals surface area contributed by atoms with E-state index in [2.05, 4.69) is 60.2 Å². The molecule has 20 heavy (non-hydrogen) atoms. The van der Waals surface area contributed by atoms with Gasteiger partial charge >= 0.3 is 0 Å². The van der Waals surface area contributed by atoms with Gasteiger partial charge in [-0.15, -0.1) is 0 Å². The molecule has 0 aliphatic carbocycles. The van der Waals surface area contributed by atoms with E-state index >= 15 is 0 Å². The molecule has 1 atom stereocenters. The molecule has 2 heterocycles. The second-order valence-electron chi connectivity index (χ2n) is 5.14. The fourth-order valence-corrected chi connectivity index (χ4v) is 2.79. The minimum absolute atomic E-state index is 0.183. The Bertz CT molecular complexity index is 851. The Hall–Kier alpha value is -2.48. The van der Waals surface area contributed by atoms with E-state index in [1.807, 2.05) is 18.2 Å². The summed E-state index contributed by atoms with van der Waals surface area (Å²) in [5, 5.41) is 2.42. The number of hydrogen-bond acceptors (Lipinski definition) is 1. The predicted molar refractivity (Wildman–Crippen MR) is 82.0 cm³/mol. The van der Waals surface area contributed by atoms with Gasteiger partial charge < -0.3 is 8.98 Å². The lowest BCUT2D eigenvalue weighted by Gasteiger charge is -2.12. The van der Waals surface area contributed by atoms with Crippen LogP contribution in [0.4, 0.5) is 0 Å². The largest absolute Gasteiger partial charge is 0.459 e. The molecule has 0 bridgehead atoms. The van der Waals surface area contributed by atoms with Crippen LogP contribution in [0.5, 0.6) is 0 Å². The highest BCUT2D eigenvalue weighted by Crippen LogP contribution is 2.29. The molecule has 2 aromatic carbocycles. The lowest BCUT2D eigenvalue weighted by atomic mass is 10.2. The van der Waals surface area contributed by atoms with E-state index in [1.165, 1.54) is 10.9 Å². The van der Waals surface area contributed by atoms with E-state index in [-0.39, 0.29) is 6.04 Å². The summed E-state index contributed by atoms with van der Waals surface area (Å²) in [6.07, 6.45) is 2.13. The first-order valence-electron chi connectivity index (χ1n) is 6.87. The highest BCUT2D eigenvalue weighted by molar-refractivity contribution is 5.81. The third-order valence-corrected chi connectivity index (χ3v) is 3.90. The van der Waals surface area contributed by atoms with Crippen LogP contribution in [0.3, 0.4) is 0 Å². The van der Waals surface area contributed by atoms with Crippen molar-refractivity contribution in [1.82, 2.24) is 4.57 Å². The highest BCUT2D eigenvalue weighted by Gasteiger charge is 2.14. The zero-order chi connectivity index (χ0) is 13.5. The van der Waals surface area contributed by atoms with Crippen molar-refractivity contribution in [2.24, 2.45) is 0 Å². The number of furan rings is 1. The minimum atomic E-state index is 0.183. The van der Waals surface area contributed by atoms with Crippen LogP contribution in [0.15, 0.2) is 71.3 Å². The summed E-state index contributed by atoms with van der Waals surface area (Å²) in [4.78, 5) is 0. The average molecular weight is 261 g/mol. The normalized spacial score (nSPS) is 13.1. The summed E-state index contributed by atoms with van der Waals surface area (Å²) in [5.74, 6) is 0.993. The molecule has 1 unspecified atom stereocenters. The maximum absolute atomic E-state index is 5.98. The van der Waals surface area contributed by atoms with Gasteiger partial charge in [-0.05, 0) is 36.6 Å². The molecule has 0 amide bonds. The molecule has 0 aliphatic rings. The van der Waals surface area contributed by atoms with Crippen LogP contribution in [0, 0.1) is 0 Å². The molecule has 0 fully saturated rings. The average Bonchev–Trinajstić information content (AvgIpc) is 3.10. The van der Waals surface area contributed by atoms with Crippen LogP contribution in [0.25, 0.3) is 21.9 Å². The van der Waals surface area contributed by atoms with Gasteiger partial charge in [0.2, 0.25) is 0 Å². The second kappa shape index (κ2) is 4.27. The van der Waals surface area contributed by atoms with Gasteiger partial charge in [0.1, 0.15) is 11.3 Å². The first-order chi connectivity index (χ1) is 9.83. The summed E-state index contributed by atoms with van der Waals surface area (Å²) in [6.45, 7) is 2.17. The van der Waals surface area contributed by atoms with Gasteiger partial charge in [-0.2, -0.15) is 0 Å². The van der Waals surface area contributed by atoms with Gasteiger partial charge in [0.15, 0.2) is 0 Å². The number of rotatable bonds is 2.